The summed E-state index contributed by atoms with van der Waals surface area (Å²) in [6.07, 6.45) is 2.17. The van der Waals surface area contributed by atoms with E-state index in [0.717, 1.165) is 34.6 Å². The monoisotopic (exact) mass is 471 g/mol. The molecule has 1 aliphatic carbocycles. The Hall–Kier alpha value is -3.37. The summed E-state index contributed by atoms with van der Waals surface area (Å²) in [4.78, 5) is 28.1. The quantitative estimate of drug-likeness (QED) is 0.413. The van der Waals surface area contributed by atoms with Gasteiger partial charge in [0.2, 0.25) is 5.91 Å². The van der Waals surface area contributed by atoms with Crippen LogP contribution in [0.5, 0.6) is 5.75 Å². The van der Waals surface area contributed by atoms with Crippen LogP contribution in [0.2, 0.25) is 5.02 Å². The molecule has 0 aromatic heterocycles. The highest BCUT2D eigenvalue weighted by atomic mass is 35.5. The summed E-state index contributed by atoms with van der Waals surface area (Å²) in [7, 11) is 0. The number of allylic oxidation sites excluding steroid dienone is 2. The predicted molar refractivity (Wildman–Crippen MR) is 134 cm³/mol. The van der Waals surface area contributed by atoms with Crippen molar-refractivity contribution in [2.45, 2.75) is 45.1 Å². The maximum Gasteiger partial charge on any atom is 0.232 e. The van der Waals surface area contributed by atoms with Crippen molar-refractivity contribution >= 4 is 29.0 Å². The number of rotatable bonds is 5. The van der Waals surface area contributed by atoms with Crippen LogP contribution in [0, 0.1) is 6.92 Å². The van der Waals surface area contributed by atoms with Crippen molar-refractivity contribution in [2.24, 2.45) is 0 Å². The highest BCUT2D eigenvalue weighted by Gasteiger charge is 2.40. The Labute approximate surface area is 204 Å². The van der Waals surface area contributed by atoms with Gasteiger partial charge < -0.3 is 4.74 Å². The molecule has 172 valence electrons. The van der Waals surface area contributed by atoms with E-state index in [4.69, 9.17) is 16.3 Å². The second kappa shape index (κ2) is 9.47. The highest BCUT2D eigenvalue weighted by Crippen LogP contribution is 2.44. The van der Waals surface area contributed by atoms with E-state index in [1.54, 1.807) is 11.0 Å². The number of Topliss-reactive ketones (excluding diaryl/α,β-unsaturated/α-hetero) is 1. The van der Waals surface area contributed by atoms with Crippen LogP contribution in [0.3, 0.4) is 0 Å². The Bertz CT molecular complexity index is 1280. The second-order valence-electron chi connectivity index (χ2n) is 8.92. The minimum absolute atomic E-state index is 0.0358. The molecule has 5 heteroatoms. The SMILES string of the molecule is Cc1cccc(COc2ccc(C3CC(=O)N(c4ccccc4Cl)C4=C3C(=O)CCC4)cc2)c1. The van der Waals surface area contributed by atoms with Crippen LogP contribution in [-0.2, 0) is 16.2 Å². The molecule has 34 heavy (non-hydrogen) atoms. The lowest BCUT2D eigenvalue weighted by molar-refractivity contribution is -0.119. The van der Waals surface area contributed by atoms with E-state index in [9.17, 15) is 9.59 Å². The van der Waals surface area contributed by atoms with E-state index in [-0.39, 0.29) is 24.0 Å². The summed E-state index contributed by atoms with van der Waals surface area (Å²) in [6.45, 7) is 2.55. The molecule has 4 nitrogen and oxygen atoms in total. The number of benzene rings is 3. The highest BCUT2D eigenvalue weighted by molar-refractivity contribution is 6.34. The molecule has 0 spiro atoms. The Morgan fingerprint density at radius 1 is 0.971 bits per heavy atom. The third-order valence-electron chi connectivity index (χ3n) is 6.54. The molecule has 3 aromatic carbocycles. The fourth-order valence-corrected chi connectivity index (χ4v) is 5.18. The van der Waals surface area contributed by atoms with Crippen molar-refractivity contribution in [1.82, 2.24) is 0 Å². The van der Waals surface area contributed by atoms with Crippen LogP contribution in [0.1, 0.15) is 48.3 Å². The van der Waals surface area contributed by atoms with E-state index in [2.05, 4.69) is 19.1 Å². The number of aryl methyl sites for hydroxylation is 1. The van der Waals surface area contributed by atoms with Crippen molar-refractivity contribution in [2.75, 3.05) is 4.90 Å². The molecule has 3 aromatic rings. The minimum atomic E-state index is -0.250. The van der Waals surface area contributed by atoms with Gasteiger partial charge in [0.15, 0.2) is 5.78 Å². The average molecular weight is 472 g/mol. The van der Waals surface area contributed by atoms with Gasteiger partial charge in [0.1, 0.15) is 12.4 Å². The van der Waals surface area contributed by atoms with Crippen molar-refractivity contribution in [3.05, 3.63) is 106 Å². The summed E-state index contributed by atoms with van der Waals surface area (Å²) in [5.41, 5.74) is 5.46. The van der Waals surface area contributed by atoms with E-state index < -0.39 is 0 Å². The topological polar surface area (TPSA) is 46.6 Å². The van der Waals surface area contributed by atoms with Crippen LogP contribution in [-0.4, -0.2) is 11.7 Å². The van der Waals surface area contributed by atoms with Gasteiger partial charge in [-0.1, -0.05) is 65.7 Å². The van der Waals surface area contributed by atoms with Gasteiger partial charge in [-0.05, 0) is 55.2 Å². The lowest BCUT2D eigenvalue weighted by Crippen LogP contribution is -2.40. The number of ketones is 1. The van der Waals surface area contributed by atoms with Gasteiger partial charge in [0.25, 0.3) is 0 Å². The molecule has 1 heterocycles. The summed E-state index contributed by atoms with van der Waals surface area (Å²) in [5.74, 6) is 0.594. The molecule has 1 atom stereocenters. The van der Waals surface area contributed by atoms with Crippen molar-refractivity contribution < 1.29 is 14.3 Å². The standard InChI is InChI=1S/C29H26ClNO3/c1-19-6-4-7-20(16-19)18-34-22-14-12-21(13-15-22)23-17-28(33)31(25-9-3-2-8-24(25)30)26-10-5-11-27(32)29(23)26/h2-4,6-9,12-16,23H,5,10-11,17-18H2,1H3. The van der Waals surface area contributed by atoms with E-state index in [1.807, 2.05) is 54.6 Å². The summed E-state index contributed by atoms with van der Waals surface area (Å²) < 4.78 is 5.96. The third kappa shape index (κ3) is 4.38. The molecule has 0 saturated carbocycles. The molecule has 0 bridgehead atoms. The molecule has 0 radical (unpaired) electrons. The zero-order valence-electron chi connectivity index (χ0n) is 19.1. The van der Waals surface area contributed by atoms with Crippen molar-refractivity contribution in [3.8, 4) is 5.75 Å². The number of carbonyl (C=O) groups is 2. The fraction of sp³-hybridized carbons (Fsp3) is 0.241. The molecule has 0 fully saturated rings. The second-order valence-corrected chi connectivity index (χ2v) is 9.33. The van der Waals surface area contributed by atoms with Gasteiger partial charge in [0, 0.05) is 30.0 Å². The van der Waals surface area contributed by atoms with Crippen molar-refractivity contribution in [1.29, 1.82) is 0 Å². The molecule has 1 unspecified atom stereocenters. The van der Waals surface area contributed by atoms with Crippen LogP contribution in [0.4, 0.5) is 5.69 Å². The smallest absolute Gasteiger partial charge is 0.232 e. The summed E-state index contributed by atoms with van der Waals surface area (Å²) >= 11 is 6.43. The Morgan fingerprint density at radius 3 is 2.53 bits per heavy atom. The molecule has 0 saturated heterocycles. The van der Waals surface area contributed by atoms with Gasteiger partial charge in [-0.15, -0.1) is 0 Å². The number of para-hydroxylation sites is 1. The number of anilines is 1. The van der Waals surface area contributed by atoms with Gasteiger partial charge in [0.05, 0.1) is 10.7 Å². The van der Waals surface area contributed by atoms with Crippen LogP contribution < -0.4 is 9.64 Å². The van der Waals surface area contributed by atoms with Gasteiger partial charge >= 0.3 is 0 Å². The Balaban J connectivity index is 1.43. The molecular weight excluding hydrogens is 446 g/mol. The van der Waals surface area contributed by atoms with Crippen LogP contribution in [0.25, 0.3) is 0 Å². The average Bonchev–Trinajstić information content (AvgIpc) is 2.84. The fourth-order valence-electron chi connectivity index (χ4n) is 4.96. The third-order valence-corrected chi connectivity index (χ3v) is 6.86. The lowest BCUT2D eigenvalue weighted by Gasteiger charge is -2.38. The molecule has 1 aliphatic heterocycles. The number of hydrogen-bond acceptors (Lipinski definition) is 3. The Morgan fingerprint density at radius 2 is 1.76 bits per heavy atom. The molecule has 1 amide bonds. The maximum atomic E-state index is 13.3. The maximum absolute atomic E-state index is 13.3. The first-order valence-electron chi connectivity index (χ1n) is 11.6. The van der Waals surface area contributed by atoms with Gasteiger partial charge in [-0.25, -0.2) is 0 Å². The zero-order chi connectivity index (χ0) is 23.7. The van der Waals surface area contributed by atoms with Crippen LogP contribution >= 0.6 is 11.6 Å². The normalized spacial score (nSPS) is 18.2. The molecule has 2 aliphatic rings. The zero-order valence-corrected chi connectivity index (χ0v) is 19.8. The first-order chi connectivity index (χ1) is 16.5. The predicted octanol–water partition coefficient (Wildman–Crippen LogP) is 6.76. The number of amides is 1. The Kier molecular flexibility index (Phi) is 6.25. The summed E-state index contributed by atoms with van der Waals surface area (Å²) in [5, 5.41) is 0.509. The number of nitrogens with zero attached hydrogens (tertiary/aromatic N) is 1. The van der Waals surface area contributed by atoms with E-state index in [0.29, 0.717) is 30.2 Å². The molecule has 0 N–H and O–H groups in total. The molecular formula is C29H26ClNO3. The lowest BCUT2D eigenvalue weighted by atomic mass is 9.77. The number of ether oxygens (including phenoxy) is 1. The number of halogens is 1. The minimum Gasteiger partial charge on any atom is -0.489 e. The first-order valence-corrected chi connectivity index (χ1v) is 12.0. The van der Waals surface area contributed by atoms with Gasteiger partial charge in [-0.3, -0.25) is 14.5 Å². The molecule has 5 rings (SSSR count). The van der Waals surface area contributed by atoms with E-state index in [1.165, 1.54) is 5.56 Å². The first kappa shape index (κ1) is 22.4. The largest absolute Gasteiger partial charge is 0.489 e. The van der Waals surface area contributed by atoms with Crippen LogP contribution in [0.15, 0.2) is 84.1 Å². The number of carbonyl (C=O) groups excluding carboxylic acids is 2. The van der Waals surface area contributed by atoms with Gasteiger partial charge in [-0.2, -0.15) is 0 Å². The van der Waals surface area contributed by atoms with Crippen molar-refractivity contribution in [3.63, 3.8) is 0 Å². The summed E-state index contributed by atoms with van der Waals surface area (Å²) in [6, 6.07) is 23.3. The number of hydrogen-bond donors (Lipinski definition) is 0. The van der Waals surface area contributed by atoms with E-state index >= 15 is 0 Å².